The summed E-state index contributed by atoms with van der Waals surface area (Å²) in [6.07, 6.45) is 9.51. The summed E-state index contributed by atoms with van der Waals surface area (Å²) in [7, 11) is 0. The van der Waals surface area contributed by atoms with Gasteiger partial charge >= 0.3 is 0 Å². The maximum atomic E-state index is 8.89. The van der Waals surface area contributed by atoms with Gasteiger partial charge in [-0.05, 0) is 48.9 Å². The highest BCUT2D eigenvalue weighted by Gasteiger charge is 2.29. The molecule has 17 heavy (non-hydrogen) atoms. The molecule has 2 aliphatic rings. The van der Waals surface area contributed by atoms with Crippen LogP contribution < -0.4 is 5.32 Å². The van der Waals surface area contributed by atoms with Gasteiger partial charge in [0, 0.05) is 18.4 Å². The highest BCUT2D eigenvalue weighted by molar-refractivity contribution is 5.69. The molecule has 1 fully saturated rings. The van der Waals surface area contributed by atoms with Gasteiger partial charge in [0.05, 0.1) is 5.56 Å². The van der Waals surface area contributed by atoms with Gasteiger partial charge in [-0.25, -0.2) is 0 Å². The Kier molecular flexibility index (Phi) is 2.66. The van der Waals surface area contributed by atoms with Crippen LogP contribution in [0.3, 0.4) is 0 Å². The van der Waals surface area contributed by atoms with E-state index in [1.807, 2.05) is 12.3 Å². The maximum Gasteiger partial charge on any atom is 0.101 e. The zero-order chi connectivity index (χ0) is 11.7. The van der Waals surface area contributed by atoms with Crippen LogP contribution in [-0.4, -0.2) is 17.6 Å². The van der Waals surface area contributed by atoms with Gasteiger partial charge in [0.2, 0.25) is 0 Å². The number of hydrogen-bond donors (Lipinski definition) is 1. The topological polar surface area (TPSA) is 48.7 Å². The van der Waals surface area contributed by atoms with E-state index in [1.165, 1.54) is 18.4 Å². The van der Waals surface area contributed by atoms with Crippen LogP contribution in [0.4, 0.5) is 0 Å². The van der Waals surface area contributed by atoms with E-state index in [0.29, 0.717) is 11.6 Å². The Balaban J connectivity index is 1.87. The van der Waals surface area contributed by atoms with Crippen molar-refractivity contribution in [3.05, 3.63) is 35.7 Å². The molecule has 2 heterocycles. The van der Waals surface area contributed by atoms with E-state index < -0.39 is 0 Å². The van der Waals surface area contributed by atoms with Crippen molar-refractivity contribution in [2.75, 3.05) is 6.54 Å². The van der Waals surface area contributed by atoms with Crippen LogP contribution in [0.1, 0.15) is 30.4 Å². The molecular weight excluding hydrogens is 210 g/mol. The summed E-state index contributed by atoms with van der Waals surface area (Å²) >= 11 is 0. The second-order valence-corrected chi connectivity index (χ2v) is 4.85. The number of nitrogens with one attached hydrogen (secondary N) is 1. The second kappa shape index (κ2) is 4.31. The zero-order valence-corrected chi connectivity index (χ0v) is 9.69. The van der Waals surface area contributed by atoms with Crippen molar-refractivity contribution < 1.29 is 0 Å². The minimum absolute atomic E-state index is 0.532. The maximum absolute atomic E-state index is 8.89. The SMILES string of the molecule is N#Cc1cncc(C2=C[C@@H]3NCCC[C@@H]3C2)c1. The summed E-state index contributed by atoms with van der Waals surface area (Å²) in [5.74, 6) is 0.740. The van der Waals surface area contributed by atoms with E-state index in [2.05, 4.69) is 22.4 Å². The van der Waals surface area contributed by atoms with Gasteiger partial charge in [-0.2, -0.15) is 5.26 Å². The molecule has 0 amide bonds. The molecule has 1 aromatic rings. The zero-order valence-electron chi connectivity index (χ0n) is 9.69. The van der Waals surface area contributed by atoms with E-state index in [-0.39, 0.29) is 0 Å². The van der Waals surface area contributed by atoms with Crippen molar-refractivity contribution in [1.29, 1.82) is 5.26 Å². The standard InChI is InChI=1S/C14H15N3/c15-7-10-4-13(9-16-8-10)12-5-11-2-1-3-17-14(11)6-12/h4,6,8-9,11,14,17H,1-3,5H2/t11-,14+/m1/s1. The van der Waals surface area contributed by atoms with Crippen molar-refractivity contribution in [3.8, 4) is 6.07 Å². The molecule has 0 aromatic carbocycles. The molecule has 0 saturated carbocycles. The smallest absolute Gasteiger partial charge is 0.101 e. The molecule has 1 N–H and O–H groups in total. The third-order valence-electron chi connectivity index (χ3n) is 3.74. The van der Waals surface area contributed by atoms with Crippen molar-refractivity contribution >= 4 is 5.57 Å². The molecule has 0 spiro atoms. The molecule has 86 valence electrons. The first-order chi connectivity index (χ1) is 8.36. The minimum Gasteiger partial charge on any atom is -0.310 e. The van der Waals surface area contributed by atoms with Crippen LogP contribution in [0, 0.1) is 17.2 Å². The van der Waals surface area contributed by atoms with Crippen molar-refractivity contribution in [2.45, 2.75) is 25.3 Å². The average Bonchev–Trinajstić information content (AvgIpc) is 2.82. The Morgan fingerprint density at radius 3 is 3.18 bits per heavy atom. The molecule has 0 radical (unpaired) electrons. The third kappa shape index (κ3) is 1.96. The Labute approximate surface area is 101 Å². The molecule has 2 atom stereocenters. The molecule has 3 nitrogen and oxygen atoms in total. The van der Waals surface area contributed by atoms with Gasteiger partial charge in [-0.3, -0.25) is 4.98 Å². The van der Waals surface area contributed by atoms with Gasteiger partial charge in [0.25, 0.3) is 0 Å². The van der Waals surface area contributed by atoms with Gasteiger partial charge < -0.3 is 5.32 Å². The van der Waals surface area contributed by atoms with Gasteiger partial charge in [0.15, 0.2) is 0 Å². The summed E-state index contributed by atoms with van der Waals surface area (Å²) in [5.41, 5.74) is 3.10. The number of nitriles is 1. The Bertz CT molecular complexity index is 498. The summed E-state index contributed by atoms with van der Waals surface area (Å²) < 4.78 is 0. The van der Waals surface area contributed by atoms with Crippen LogP contribution in [0.25, 0.3) is 5.57 Å². The fourth-order valence-electron chi connectivity index (χ4n) is 2.86. The summed E-state index contributed by atoms with van der Waals surface area (Å²) in [5, 5.41) is 12.4. The number of nitrogens with zero attached hydrogens (tertiary/aromatic N) is 2. The Morgan fingerprint density at radius 2 is 2.35 bits per heavy atom. The largest absolute Gasteiger partial charge is 0.310 e. The third-order valence-corrected chi connectivity index (χ3v) is 3.74. The molecule has 1 saturated heterocycles. The van der Waals surface area contributed by atoms with E-state index in [1.54, 1.807) is 6.20 Å². The Hall–Kier alpha value is -1.66. The lowest BCUT2D eigenvalue weighted by Crippen LogP contribution is -2.37. The molecule has 3 heteroatoms. The number of allylic oxidation sites excluding steroid dienone is 1. The lowest BCUT2D eigenvalue weighted by molar-refractivity contribution is 0.341. The average molecular weight is 225 g/mol. The summed E-state index contributed by atoms with van der Waals surface area (Å²) in [6.45, 7) is 1.13. The first kappa shape index (κ1) is 10.5. The first-order valence-corrected chi connectivity index (χ1v) is 6.16. The van der Waals surface area contributed by atoms with Crippen molar-refractivity contribution in [3.63, 3.8) is 0 Å². The van der Waals surface area contributed by atoms with E-state index in [0.717, 1.165) is 24.4 Å². The number of rotatable bonds is 1. The van der Waals surface area contributed by atoms with Gasteiger partial charge in [-0.15, -0.1) is 0 Å². The first-order valence-electron chi connectivity index (χ1n) is 6.16. The highest BCUT2D eigenvalue weighted by Crippen LogP contribution is 2.36. The quantitative estimate of drug-likeness (QED) is 0.796. The van der Waals surface area contributed by atoms with Crippen LogP contribution >= 0.6 is 0 Å². The van der Waals surface area contributed by atoms with Crippen LogP contribution in [0.5, 0.6) is 0 Å². The van der Waals surface area contributed by atoms with E-state index >= 15 is 0 Å². The fourth-order valence-corrected chi connectivity index (χ4v) is 2.86. The van der Waals surface area contributed by atoms with Crippen molar-refractivity contribution in [1.82, 2.24) is 10.3 Å². The number of fused-ring (bicyclic) bond motifs is 1. The predicted molar refractivity (Wildman–Crippen MR) is 66.1 cm³/mol. The summed E-state index contributed by atoms with van der Waals surface area (Å²) in [4.78, 5) is 4.13. The highest BCUT2D eigenvalue weighted by atomic mass is 14.9. The molecule has 1 aliphatic carbocycles. The normalized spacial score (nSPS) is 27.1. The molecular formula is C14H15N3. The number of hydrogen-bond acceptors (Lipinski definition) is 3. The lowest BCUT2D eigenvalue weighted by atomic mass is 9.92. The summed E-state index contributed by atoms with van der Waals surface area (Å²) in [6, 6.07) is 4.62. The van der Waals surface area contributed by atoms with E-state index in [4.69, 9.17) is 5.26 Å². The second-order valence-electron chi connectivity index (χ2n) is 4.85. The van der Waals surface area contributed by atoms with E-state index in [9.17, 15) is 0 Å². The molecule has 0 bridgehead atoms. The molecule has 1 aliphatic heterocycles. The molecule has 0 unspecified atom stereocenters. The predicted octanol–water partition coefficient (Wildman–Crippen LogP) is 2.11. The monoisotopic (exact) mass is 225 g/mol. The van der Waals surface area contributed by atoms with Crippen molar-refractivity contribution in [2.24, 2.45) is 5.92 Å². The fraction of sp³-hybridized carbons (Fsp3) is 0.429. The van der Waals surface area contributed by atoms with Crippen LogP contribution in [-0.2, 0) is 0 Å². The number of pyridine rings is 1. The number of aromatic nitrogens is 1. The van der Waals surface area contributed by atoms with Gasteiger partial charge in [0.1, 0.15) is 6.07 Å². The molecule has 3 rings (SSSR count). The molecule has 1 aromatic heterocycles. The van der Waals surface area contributed by atoms with Crippen LogP contribution in [0.15, 0.2) is 24.5 Å². The van der Waals surface area contributed by atoms with Crippen LogP contribution in [0.2, 0.25) is 0 Å². The number of piperidine rings is 1. The van der Waals surface area contributed by atoms with Gasteiger partial charge in [-0.1, -0.05) is 6.08 Å². The Morgan fingerprint density at radius 1 is 1.41 bits per heavy atom. The minimum atomic E-state index is 0.532. The lowest BCUT2D eigenvalue weighted by Gasteiger charge is -2.25.